The summed E-state index contributed by atoms with van der Waals surface area (Å²) in [5.74, 6) is -0.629. The first-order chi connectivity index (χ1) is 17.2. The third-order valence-electron chi connectivity index (χ3n) is 5.54. The lowest BCUT2D eigenvalue weighted by atomic mass is 10.2. The molecule has 0 aliphatic rings. The van der Waals surface area contributed by atoms with E-state index in [1.807, 2.05) is 35.8 Å². The van der Waals surface area contributed by atoms with Crippen molar-refractivity contribution in [3.05, 3.63) is 83.2 Å². The average molecular weight is 523 g/mol. The van der Waals surface area contributed by atoms with E-state index in [1.54, 1.807) is 31.2 Å². The van der Waals surface area contributed by atoms with E-state index in [0.29, 0.717) is 22.7 Å². The van der Waals surface area contributed by atoms with Gasteiger partial charge in [0.25, 0.3) is 15.9 Å². The van der Waals surface area contributed by atoms with Crippen LogP contribution in [0.1, 0.15) is 31.1 Å². The van der Waals surface area contributed by atoms with Crippen LogP contribution < -0.4 is 14.4 Å². The van der Waals surface area contributed by atoms with Crippen LogP contribution >= 0.6 is 11.3 Å². The first-order valence-electron chi connectivity index (χ1n) is 11.4. The van der Waals surface area contributed by atoms with Crippen molar-refractivity contribution in [1.82, 2.24) is 4.57 Å². The van der Waals surface area contributed by atoms with Crippen LogP contribution in [0.4, 0.5) is 11.4 Å². The molecule has 0 bridgehead atoms. The maximum atomic E-state index is 13.2. The topological polar surface area (TPSA) is 101 Å². The van der Waals surface area contributed by atoms with Crippen molar-refractivity contribution >= 4 is 54.8 Å². The minimum absolute atomic E-state index is 0.0979. The molecule has 0 fully saturated rings. The van der Waals surface area contributed by atoms with Gasteiger partial charge >= 0.3 is 0 Å². The number of sulfonamides is 1. The summed E-state index contributed by atoms with van der Waals surface area (Å²) in [6.45, 7) is 6.06. The van der Waals surface area contributed by atoms with E-state index in [0.717, 1.165) is 10.2 Å². The number of anilines is 2. The van der Waals surface area contributed by atoms with Gasteiger partial charge in [-0.2, -0.15) is 4.99 Å². The van der Waals surface area contributed by atoms with Gasteiger partial charge in [-0.15, -0.1) is 0 Å². The van der Waals surface area contributed by atoms with Gasteiger partial charge in [0.1, 0.15) is 0 Å². The number of fused-ring (bicyclic) bond motifs is 1. The zero-order chi connectivity index (χ0) is 25.9. The number of amides is 2. The highest BCUT2D eigenvalue weighted by atomic mass is 32.2. The second kappa shape index (κ2) is 10.5. The van der Waals surface area contributed by atoms with E-state index in [1.165, 1.54) is 46.8 Å². The number of para-hydroxylation sites is 1. The number of aromatic nitrogens is 1. The molecule has 0 aliphatic carbocycles. The molecule has 0 saturated heterocycles. The van der Waals surface area contributed by atoms with Gasteiger partial charge in [-0.1, -0.05) is 29.5 Å². The van der Waals surface area contributed by atoms with Crippen molar-refractivity contribution in [2.24, 2.45) is 4.99 Å². The number of carbonyl (C=O) groups is 2. The predicted octanol–water partition coefficient (Wildman–Crippen LogP) is 4.64. The summed E-state index contributed by atoms with van der Waals surface area (Å²) < 4.78 is 30.5. The third-order valence-corrected chi connectivity index (χ3v) is 8.50. The predicted molar refractivity (Wildman–Crippen MR) is 143 cm³/mol. The van der Waals surface area contributed by atoms with Crippen LogP contribution in [0, 0.1) is 0 Å². The standard InChI is InChI=1S/C26H26N4O4S2/c1-4-29-23-16-13-20(27-18(3)31)17-24(23)35-26(29)28-25(32)19-11-14-22(15-12-19)36(33,34)30(5-2)21-9-7-6-8-10-21/h6-17H,4-5H2,1-3H3,(H,27,31). The van der Waals surface area contributed by atoms with Gasteiger partial charge in [-0.25, -0.2) is 8.42 Å². The Morgan fingerprint density at radius 2 is 1.69 bits per heavy atom. The third kappa shape index (κ3) is 5.09. The van der Waals surface area contributed by atoms with Crippen LogP contribution in [0.5, 0.6) is 0 Å². The second-order valence-electron chi connectivity index (χ2n) is 7.94. The Labute approximate surface area is 213 Å². The van der Waals surface area contributed by atoms with Crippen LogP contribution in [-0.2, 0) is 21.4 Å². The average Bonchev–Trinajstić information content (AvgIpc) is 3.20. The molecule has 36 heavy (non-hydrogen) atoms. The van der Waals surface area contributed by atoms with Crippen LogP contribution in [-0.4, -0.2) is 31.3 Å². The smallest absolute Gasteiger partial charge is 0.279 e. The summed E-state index contributed by atoms with van der Waals surface area (Å²) in [6.07, 6.45) is 0. The molecule has 0 unspecified atom stereocenters. The van der Waals surface area contributed by atoms with Crippen LogP contribution in [0.2, 0.25) is 0 Å². The monoisotopic (exact) mass is 522 g/mol. The number of hydrogen-bond acceptors (Lipinski definition) is 5. The quantitative estimate of drug-likeness (QED) is 0.382. The number of carbonyl (C=O) groups excluding carboxylic acids is 2. The van der Waals surface area contributed by atoms with E-state index in [-0.39, 0.29) is 22.9 Å². The maximum absolute atomic E-state index is 13.2. The summed E-state index contributed by atoms with van der Waals surface area (Å²) in [4.78, 5) is 29.3. The van der Waals surface area contributed by atoms with E-state index < -0.39 is 15.9 Å². The molecule has 4 aromatic rings. The first kappa shape index (κ1) is 25.3. The van der Waals surface area contributed by atoms with Gasteiger partial charge in [-0.3, -0.25) is 13.9 Å². The molecule has 3 aromatic carbocycles. The Balaban J connectivity index is 1.65. The molecular formula is C26H26N4O4S2. The van der Waals surface area contributed by atoms with Crippen molar-refractivity contribution in [2.75, 3.05) is 16.2 Å². The largest absolute Gasteiger partial charge is 0.326 e. The lowest BCUT2D eigenvalue weighted by molar-refractivity contribution is -0.114. The van der Waals surface area contributed by atoms with Crippen molar-refractivity contribution in [2.45, 2.75) is 32.2 Å². The normalized spacial score (nSPS) is 12.0. The molecule has 0 aliphatic heterocycles. The fraction of sp³-hybridized carbons (Fsp3) is 0.192. The summed E-state index contributed by atoms with van der Waals surface area (Å²) in [7, 11) is -3.79. The lowest BCUT2D eigenvalue weighted by Crippen LogP contribution is -2.30. The Bertz CT molecular complexity index is 1590. The highest BCUT2D eigenvalue weighted by Gasteiger charge is 2.23. The van der Waals surface area contributed by atoms with Gasteiger partial charge in [0.15, 0.2) is 4.80 Å². The molecule has 0 saturated carbocycles. The number of aryl methyl sites for hydroxylation is 1. The number of benzene rings is 3. The zero-order valence-corrected chi connectivity index (χ0v) is 21.8. The van der Waals surface area contributed by atoms with Crippen molar-refractivity contribution in [1.29, 1.82) is 0 Å². The molecule has 10 heteroatoms. The molecule has 186 valence electrons. The van der Waals surface area contributed by atoms with E-state index in [2.05, 4.69) is 10.3 Å². The van der Waals surface area contributed by atoms with Gasteiger partial charge in [0.2, 0.25) is 5.91 Å². The minimum atomic E-state index is -3.79. The lowest BCUT2D eigenvalue weighted by Gasteiger charge is -2.22. The molecule has 1 N–H and O–H groups in total. The number of nitrogens with one attached hydrogen (secondary N) is 1. The molecule has 0 spiro atoms. The van der Waals surface area contributed by atoms with Gasteiger partial charge in [0, 0.05) is 31.3 Å². The van der Waals surface area contributed by atoms with Crippen LogP contribution in [0.15, 0.2) is 82.7 Å². The zero-order valence-electron chi connectivity index (χ0n) is 20.1. The van der Waals surface area contributed by atoms with E-state index in [4.69, 9.17) is 0 Å². The van der Waals surface area contributed by atoms with Crippen LogP contribution in [0.25, 0.3) is 10.2 Å². The molecule has 2 amide bonds. The maximum Gasteiger partial charge on any atom is 0.279 e. The van der Waals surface area contributed by atoms with Crippen molar-refractivity contribution in [3.63, 3.8) is 0 Å². The van der Waals surface area contributed by atoms with Crippen LogP contribution in [0.3, 0.4) is 0 Å². The fourth-order valence-corrected chi connectivity index (χ4v) is 6.48. The Kier molecular flexibility index (Phi) is 7.37. The molecule has 8 nitrogen and oxygen atoms in total. The van der Waals surface area contributed by atoms with Gasteiger partial charge in [0.05, 0.1) is 20.8 Å². The molecule has 0 radical (unpaired) electrons. The number of nitrogens with zero attached hydrogens (tertiary/aromatic N) is 3. The molecule has 1 aromatic heterocycles. The SMILES string of the molecule is CCN(c1ccccc1)S(=O)(=O)c1ccc(C(=O)N=c2sc3cc(NC(C)=O)ccc3n2CC)cc1. The Hall–Kier alpha value is -3.76. The Morgan fingerprint density at radius 3 is 2.31 bits per heavy atom. The van der Waals surface area contributed by atoms with Gasteiger partial charge in [-0.05, 0) is 68.4 Å². The minimum Gasteiger partial charge on any atom is -0.326 e. The summed E-state index contributed by atoms with van der Waals surface area (Å²) >= 11 is 1.35. The summed E-state index contributed by atoms with van der Waals surface area (Å²) in [6, 6.07) is 20.3. The molecular weight excluding hydrogens is 496 g/mol. The number of hydrogen-bond donors (Lipinski definition) is 1. The van der Waals surface area contributed by atoms with E-state index in [9.17, 15) is 18.0 Å². The van der Waals surface area contributed by atoms with Crippen molar-refractivity contribution < 1.29 is 18.0 Å². The Morgan fingerprint density at radius 1 is 1.00 bits per heavy atom. The van der Waals surface area contributed by atoms with Crippen molar-refractivity contribution in [3.8, 4) is 0 Å². The molecule has 4 rings (SSSR count). The molecule has 0 atom stereocenters. The highest BCUT2D eigenvalue weighted by Crippen LogP contribution is 2.24. The second-order valence-corrected chi connectivity index (χ2v) is 10.8. The fourth-order valence-electron chi connectivity index (χ4n) is 3.88. The van der Waals surface area contributed by atoms with Gasteiger partial charge < -0.3 is 9.88 Å². The number of rotatable bonds is 7. The molecule has 1 heterocycles. The summed E-state index contributed by atoms with van der Waals surface area (Å²) in [5, 5.41) is 2.76. The summed E-state index contributed by atoms with van der Waals surface area (Å²) in [5.41, 5.74) is 2.44. The number of thiazole rings is 1. The van der Waals surface area contributed by atoms with E-state index >= 15 is 0 Å². The highest BCUT2D eigenvalue weighted by molar-refractivity contribution is 7.92. The first-order valence-corrected chi connectivity index (χ1v) is 13.7.